The molecule has 0 aliphatic carbocycles. The van der Waals surface area contributed by atoms with E-state index < -0.39 is 10.0 Å². The minimum absolute atomic E-state index is 0.0463. The summed E-state index contributed by atoms with van der Waals surface area (Å²) in [6.45, 7) is 5.75. The van der Waals surface area contributed by atoms with Gasteiger partial charge in [0, 0.05) is 32.6 Å². The van der Waals surface area contributed by atoms with Crippen LogP contribution in [-0.4, -0.2) is 64.2 Å². The molecule has 158 valence electrons. The number of nitrogens with zero attached hydrogens (tertiary/aromatic N) is 5. The molecule has 2 aromatic rings. The van der Waals surface area contributed by atoms with Crippen LogP contribution in [0.1, 0.15) is 58.8 Å². The minimum atomic E-state index is -3.32. The van der Waals surface area contributed by atoms with E-state index in [1.807, 2.05) is 16.4 Å². The second-order valence-electron chi connectivity index (χ2n) is 7.88. The molecule has 2 aliphatic rings. The topological polar surface area (TPSA) is 102 Å². The minimum Gasteiger partial charge on any atom is -0.466 e. The molecule has 0 saturated carbocycles. The second kappa shape index (κ2) is 7.56. The maximum atomic E-state index is 13.0. The van der Waals surface area contributed by atoms with Gasteiger partial charge in [0.05, 0.1) is 17.9 Å². The first-order valence-electron chi connectivity index (χ1n) is 10.0. The highest BCUT2D eigenvalue weighted by Crippen LogP contribution is 2.32. The number of amides is 1. The average molecular weight is 422 g/mol. The highest BCUT2D eigenvalue weighted by Gasteiger charge is 2.35. The summed E-state index contributed by atoms with van der Waals surface area (Å²) in [5, 5.41) is 8.69. The molecular weight excluding hydrogens is 394 g/mol. The van der Waals surface area contributed by atoms with Gasteiger partial charge >= 0.3 is 0 Å². The summed E-state index contributed by atoms with van der Waals surface area (Å²) < 4.78 is 33.6. The van der Waals surface area contributed by atoms with Gasteiger partial charge < -0.3 is 13.9 Å². The number of hydrogen-bond donors (Lipinski definition) is 0. The zero-order valence-corrected chi connectivity index (χ0v) is 17.9. The molecular formula is C19H27N5O4S. The van der Waals surface area contributed by atoms with Crippen molar-refractivity contribution in [1.29, 1.82) is 0 Å². The maximum absolute atomic E-state index is 13.0. The molecule has 0 radical (unpaired) electrons. The lowest BCUT2D eigenvalue weighted by Crippen LogP contribution is -2.39. The second-order valence-corrected chi connectivity index (χ2v) is 9.82. The smallest absolute Gasteiger partial charge is 0.257 e. The largest absolute Gasteiger partial charge is 0.466 e. The zero-order chi connectivity index (χ0) is 20.8. The lowest BCUT2D eigenvalue weighted by Gasteiger charge is -2.33. The SMILES string of the molecule is Cc1cc(C(=O)N2CCc3nnc(C4CCCCN4S(C)(=O)=O)n3CC2)c(C)o1. The number of piperidine rings is 1. The van der Waals surface area contributed by atoms with Crippen molar-refractivity contribution >= 4 is 15.9 Å². The van der Waals surface area contributed by atoms with Gasteiger partial charge in [0.25, 0.3) is 5.91 Å². The number of furan rings is 1. The number of carbonyl (C=O) groups is 1. The van der Waals surface area contributed by atoms with Gasteiger partial charge in [-0.15, -0.1) is 10.2 Å². The quantitative estimate of drug-likeness (QED) is 0.747. The number of hydrogen-bond acceptors (Lipinski definition) is 6. The number of fused-ring (bicyclic) bond motifs is 1. The molecule has 4 rings (SSSR count). The Bertz CT molecular complexity index is 1030. The fraction of sp³-hybridized carbons (Fsp3) is 0.632. The van der Waals surface area contributed by atoms with Crippen molar-refractivity contribution in [3.05, 3.63) is 34.8 Å². The van der Waals surface area contributed by atoms with Crippen molar-refractivity contribution in [2.24, 2.45) is 0 Å². The van der Waals surface area contributed by atoms with Gasteiger partial charge in [0.15, 0.2) is 5.82 Å². The van der Waals surface area contributed by atoms with Gasteiger partial charge in [-0.2, -0.15) is 4.31 Å². The Hall–Kier alpha value is -2.20. The van der Waals surface area contributed by atoms with Gasteiger partial charge in [-0.05, 0) is 32.8 Å². The molecule has 0 N–H and O–H groups in total. The lowest BCUT2D eigenvalue weighted by atomic mass is 10.0. The first kappa shape index (κ1) is 20.1. The normalized spacial score (nSPS) is 21.1. The predicted octanol–water partition coefficient (Wildman–Crippen LogP) is 1.67. The third kappa shape index (κ3) is 3.83. The van der Waals surface area contributed by atoms with Crippen molar-refractivity contribution < 1.29 is 17.6 Å². The Labute approximate surface area is 170 Å². The first-order chi connectivity index (χ1) is 13.8. The van der Waals surface area contributed by atoms with Gasteiger partial charge in [-0.25, -0.2) is 8.42 Å². The molecule has 4 heterocycles. The summed E-state index contributed by atoms with van der Waals surface area (Å²) in [5.74, 6) is 2.79. The van der Waals surface area contributed by atoms with E-state index >= 15 is 0 Å². The van der Waals surface area contributed by atoms with Crippen molar-refractivity contribution in [2.75, 3.05) is 25.9 Å². The highest BCUT2D eigenvalue weighted by atomic mass is 32.2. The molecule has 0 spiro atoms. The van der Waals surface area contributed by atoms with Crippen LogP contribution in [0, 0.1) is 13.8 Å². The number of rotatable bonds is 3. The van der Waals surface area contributed by atoms with Crippen molar-refractivity contribution in [2.45, 2.75) is 52.1 Å². The van der Waals surface area contributed by atoms with E-state index in [0.29, 0.717) is 49.7 Å². The molecule has 0 aromatic carbocycles. The monoisotopic (exact) mass is 421 g/mol. The van der Waals surface area contributed by atoms with Crippen LogP contribution in [0.3, 0.4) is 0 Å². The molecule has 1 unspecified atom stereocenters. The summed E-state index contributed by atoms with van der Waals surface area (Å²) in [7, 11) is -3.32. The molecule has 1 fully saturated rings. The fourth-order valence-electron chi connectivity index (χ4n) is 4.37. The van der Waals surface area contributed by atoms with Crippen molar-refractivity contribution in [3.8, 4) is 0 Å². The Morgan fingerprint density at radius 2 is 1.93 bits per heavy atom. The average Bonchev–Trinajstić information content (AvgIpc) is 3.15. The fourth-order valence-corrected chi connectivity index (χ4v) is 5.49. The first-order valence-corrected chi connectivity index (χ1v) is 11.9. The van der Waals surface area contributed by atoms with Crippen LogP contribution in [0.4, 0.5) is 0 Å². The van der Waals surface area contributed by atoms with Crippen LogP contribution in [0.15, 0.2) is 10.5 Å². The van der Waals surface area contributed by atoms with E-state index in [4.69, 9.17) is 4.42 Å². The van der Waals surface area contributed by atoms with Gasteiger partial charge in [0.1, 0.15) is 17.3 Å². The molecule has 1 amide bonds. The van der Waals surface area contributed by atoms with E-state index in [1.54, 1.807) is 17.3 Å². The van der Waals surface area contributed by atoms with Gasteiger partial charge in [0.2, 0.25) is 10.0 Å². The number of aryl methyl sites for hydroxylation is 2. The molecule has 9 nitrogen and oxygen atoms in total. The molecule has 29 heavy (non-hydrogen) atoms. The molecule has 1 atom stereocenters. The zero-order valence-electron chi connectivity index (χ0n) is 17.1. The van der Waals surface area contributed by atoms with E-state index in [9.17, 15) is 13.2 Å². The number of sulfonamides is 1. The molecule has 2 aliphatic heterocycles. The standard InChI is InChI=1S/C19H27N5O4S/c1-13-12-15(14(2)28-13)19(25)22-9-7-17-20-21-18(23(17)11-10-22)16-6-4-5-8-24(16)29(3,26)27/h12,16H,4-11H2,1-3H3. The predicted molar refractivity (Wildman–Crippen MR) is 106 cm³/mol. The Morgan fingerprint density at radius 3 is 2.62 bits per heavy atom. The van der Waals surface area contributed by atoms with Crippen molar-refractivity contribution in [1.82, 2.24) is 24.0 Å². The number of carbonyl (C=O) groups excluding carboxylic acids is 1. The third-order valence-electron chi connectivity index (χ3n) is 5.79. The Balaban J connectivity index is 1.57. The summed E-state index contributed by atoms with van der Waals surface area (Å²) in [5.41, 5.74) is 0.593. The summed E-state index contributed by atoms with van der Waals surface area (Å²) in [6, 6.07) is 1.49. The van der Waals surface area contributed by atoms with Crippen LogP contribution in [0.5, 0.6) is 0 Å². The highest BCUT2D eigenvalue weighted by molar-refractivity contribution is 7.88. The molecule has 2 aromatic heterocycles. The maximum Gasteiger partial charge on any atom is 0.257 e. The van der Waals surface area contributed by atoms with Crippen molar-refractivity contribution in [3.63, 3.8) is 0 Å². The van der Waals surface area contributed by atoms with Crippen LogP contribution < -0.4 is 0 Å². The Kier molecular flexibility index (Phi) is 5.24. The summed E-state index contributed by atoms with van der Waals surface area (Å²) >= 11 is 0. The summed E-state index contributed by atoms with van der Waals surface area (Å²) in [4.78, 5) is 14.8. The molecule has 10 heteroatoms. The Morgan fingerprint density at radius 1 is 1.14 bits per heavy atom. The number of aromatic nitrogens is 3. The summed E-state index contributed by atoms with van der Waals surface area (Å²) in [6.07, 6.45) is 4.39. The van der Waals surface area contributed by atoms with Crippen LogP contribution in [0.25, 0.3) is 0 Å². The van der Waals surface area contributed by atoms with Gasteiger partial charge in [-0.3, -0.25) is 4.79 Å². The lowest BCUT2D eigenvalue weighted by molar-refractivity contribution is 0.0756. The van der Waals surface area contributed by atoms with Gasteiger partial charge in [-0.1, -0.05) is 6.42 Å². The van der Waals surface area contributed by atoms with E-state index in [2.05, 4.69) is 10.2 Å². The van der Waals surface area contributed by atoms with E-state index in [-0.39, 0.29) is 11.9 Å². The van der Waals surface area contributed by atoms with E-state index in [0.717, 1.165) is 30.8 Å². The molecule has 1 saturated heterocycles. The van der Waals surface area contributed by atoms with Crippen LogP contribution in [-0.2, 0) is 23.0 Å². The van der Waals surface area contributed by atoms with Crippen LogP contribution in [0.2, 0.25) is 0 Å². The van der Waals surface area contributed by atoms with E-state index in [1.165, 1.54) is 6.26 Å². The molecule has 0 bridgehead atoms. The van der Waals surface area contributed by atoms with Crippen LogP contribution >= 0.6 is 0 Å². The third-order valence-corrected chi connectivity index (χ3v) is 7.08.